The van der Waals surface area contributed by atoms with Crippen LogP contribution in [0, 0.1) is 0 Å². The zero-order valence-corrected chi connectivity index (χ0v) is 11.4. The summed E-state index contributed by atoms with van der Waals surface area (Å²) in [5, 5.41) is 2.40. The molecular weight excluding hydrogens is 262 g/mol. The lowest BCUT2D eigenvalue weighted by Gasteiger charge is -2.54. The van der Waals surface area contributed by atoms with Crippen molar-refractivity contribution in [1.82, 2.24) is 10.4 Å². The van der Waals surface area contributed by atoms with Gasteiger partial charge in [-0.2, -0.15) is 0 Å². The van der Waals surface area contributed by atoms with E-state index >= 15 is 0 Å². The number of fused-ring (bicyclic) bond motifs is 2. The second kappa shape index (κ2) is 3.87. The van der Waals surface area contributed by atoms with Crippen LogP contribution in [0.25, 0.3) is 0 Å². The largest absolute Gasteiger partial charge is 0.347 e. The Balaban J connectivity index is 1.95. The monoisotopic (exact) mass is 277 g/mol. The van der Waals surface area contributed by atoms with Crippen molar-refractivity contribution in [3.63, 3.8) is 0 Å². The van der Waals surface area contributed by atoms with Gasteiger partial charge in [-0.1, -0.05) is 17.7 Å². The predicted octanol–water partition coefficient (Wildman–Crippen LogP) is 2.39. The van der Waals surface area contributed by atoms with Crippen LogP contribution in [0.2, 0.25) is 5.02 Å². The van der Waals surface area contributed by atoms with E-state index in [1.807, 2.05) is 17.1 Å². The summed E-state index contributed by atoms with van der Waals surface area (Å²) < 4.78 is 0. The maximum atomic E-state index is 12.8. The van der Waals surface area contributed by atoms with Crippen LogP contribution in [0.1, 0.15) is 36.0 Å². The highest BCUT2D eigenvalue weighted by molar-refractivity contribution is 6.34. The smallest absolute Gasteiger partial charge is 0.273 e. The summed E-state index contributed by atoms with van der Waals surface area (Å²) in [7, 11) is 0. The van der Waals surface area contributed by atoms with Gasteiger partial charge in [0.05, 0.1) is 16.3 Å². The van der Waals surface area contributed by atoms with Gasteiger partial charge in [-0.05, 0) is 37.8 Å². The summed E-state index contributed by atoms with van der Waals surface area (Å²) in [6, 6.07) is 5.76. The van der Waals surface area contributed by atoms with E-state index in [1.165, 1.54) is 0 Å². The molecule has 0 radical (unpaired) electrons. The van der Waals surface area contributed by atoms with Gasteiger partial charge in [0, 0.05) is 13.1 Å². The number of nitrogens with zero attached hydrogens (tertiary/aromatic N) is 2. The fourth-order valence-electron chi connectivity index (χ4n) is 3.84. The molecule has 0 bridgehead atoms. The first-order chi connectivity index (χ1) is 9.24. The first kappa shape index (κ1) is 11.6. The molecule has 19 heavy (non-hydrogen) atoms. The molecule has 1 aromatic carbocycles. The molecule has 1 N–H and O–H groups in total. The molecule has 3 aliphatic rings. The molecule has 4 nitrogen and oxygen atoms in total. The zero-order chi connectivity index (χ0) is 13.0. The van der Waals surface area contributed by atoms with Gasteiger partial charge in [0.1, 0.15) is 5.66 Å². The predicted molar refractivity (Wildman–Crippen MR) is 74.2 cm³/mol. The second-order valence-corrected chi connectivity index (χ2v) is 5.93. The van der Waals surface area contributed by atoms with E-state index in [2.05, 4.69) is 10.3 Å². The number of hydrazine groups is 1. The van der Waals surface area contributed by atoms with E-state index < -0.39 is 0 Å². The average Bonchev–Trinajstić information content (AvgIpc) is 2.83. The van der Waals surface area contributed by atoms with Crippen LogP contribution >= 0.6 is 11.6 Å². The van der Waals surface area contributed by atoms with Gasteiger partial charge in [-0.3, -0.25) is 4.79 Å². The average molecular weight is 278 g/mol. The van der Waals surface area contributed by atoms with Gasteiger partial charge in [0.25, 0.3) is 5.91 Å². The third kappa shape index (κ3) is 1.36. The molecule has 1 amide bonds. The molecule has 0 saturated carbocycles. The minimum absolute atomic E-state index is 0.0263. The lowest BCUT2D eigenvalue weighted by atomic mass is 9.92. The third-order valence-corrected chi connectivity index (χ3v) is 4.92. The van der Waals surface area contributed by atoms with Crippen molar-refractivity contribution in [2.24, 2.45) is 0 Å². The van der Waals surface area contributed by atoms with E-state index in [0.29, 0.717) is 10.6 Å². The summed E-state index contributed by atoms with van der Waals surface area (Å²) in [6.45, 7) is 1.86. The molecule has 2 fully saturated rings. The summed E-state index contributed by atoms with van der Waals surface area (Å²) >= 11 is 6.25. The van der Waals surface area contributed by atoms with Crippen molar-refractivity contribution >= 4 is 23.2 Å². The first-order valence-corrected chi connectivity index (χ1v) is 7.26. The van der Waals surface area contributed by atoms with Crippen LogP contribution in [-0.2, 0) is 0 Å². The fraction of sp³-hybridized carbons (Fsp3) is 0.500. The van der Waals surface area contributed by atoms with Crippen LogP contribution in [0.15, 0.2) is 18.2 Å². The molecule has 5 heteroatoms. The number of carbonyl (C=O) groups is 1. The molecule has 0 aliphatic carbocycles. The molecular formula is C14H16ClN3O. The molecule has 3 heterocycles. The Morgan fingerprint density at radius 2 is 2.11 bits per heavy atom. The zero-order valence-electron chi connectivity index (χ0n) is 10.7. The van der Waals surface area contributed by atoms with Gasteiger partial charge >= 0.3 is 0 Å². The number of benzene rings is 1. The Kier molecular flexibility index (Phi) is 2.35. The number of halogens is 1. The van der Waals surface area contributed by atoms with Gasteiger partial charge in [-0.25, -0.2) is 10.4 Å². The van der Waals surface area contributed by atoms with E-state index in [-0.39, 0.29) is 11.6 Å². The Hall–Kier alpha value is -1.26. The molecule has 1 atom stereocenters. The third-order valence-electron chi connectivity index (χ3n) is 4.60. The number of anilines is 1. The normalized spacial score (nSPS) is 29.0. The van der Waals surface area contributed by atoms with Crippen molar-refractivity contribution < 1.29 is 4.79 Å². The van der Waals surface area contributed by atoms with Gasteiger partial charge < -0.3 is 4.90 Å². The highest BCUT2D eigenvalue weighted by Crippen LogP contribution is 2.47. The minimum Gasteiger partial charge on any atom is -0.347 e. The summed E-state index contributed by atoms with van der Waals surface area (Å²) in [4.78, 5) is 15.1. The first-order valence-electron chi connectivity index (χ1n) is 6.88. The van der Waals surface area contributed by atoms with Gasteiger partial charge in [-0.15, -0.1) is 0 Å². The SMILES string of the molecule is O=C1c2c(Cl)cccc2N2CCCC23CCCNN13. The maximum Gasteiger partial charge on any atom is 0.273 e. The molecule has 1 unspecified atom stereocenters. The molecule has 100 valence electrons. The standard InChI is InChI=1S/C14H16ClN3O/c15-10-4-1-5-11-12(10)13(19)18-14(6-2-8-16-18)7-3-9-17(11)14/h1,4-5,16H,2-3,6-9H2. The van der Waals surface area contributed by atoms with Crippen molar-refractivity contribution in [3.8, 4) is 0 Å². The molecule has 4 rings (SSSR count). The fourth-order valence-corrected chi connectivity index (χ4v) is 4.09. The highest BCUT2D eigenvalue weighted by atomic mass is 35.5. The highest BCUT2D eigenvalue weighted by Gasteiger charge is 2.54. The van der Waals surface area contributed by atoms with E-state index in [4.69, 9.17) is 11.6 Å². The summed E-state index contributed by atoms with van der Waals surface area (Å²) in [6.07, 6.45) is 4.31. The number of hydrogen-bond acceptors (Lipinski definition) is 3. The lowest BCUT2D eigenvalue weighted by molar-refractivity contribution is 0.00422. The minimum atomic E-state index is -0.160. The Bertz CT molecular complexity index is 562. The molecule has 0 aromatic heterocycles. The van der Waals surface area contributed by atoms with Crippen LogP contribution in [0.4, 0.5) is 5.69 Å². The molecule has 1 aromatic rings. The van der Waals surface area contributed by atoms with Crippen LogP contribution in [0.5, 0.6) is 0 Å². The molecule has 2 saturated heterocycles. The van der Waals surface area contributed by atoms with E-state index in [1.54, 1.807) is 6.07 Å². The van der Waals surface area contributed by atoms with Crippen molar-refractivity contribution in [2.45, 2.75) is 31.3 Å². The number of amides is 1. The van der Waals surface area contributed by atoms with E-state index in [9.17, 15) is 4.79 Å². The quantitative estimate of drug-likeness (QED) is 0.791. The Labute approximate surface area is 117 Å². The van der Waals surface area contributed by atoms with Crippen molar-refractivity contribution in [2.75, 3.05) is 18.0 Å². The number of carbonyl (C=O) groups excluding carboxylic acids is 1. The van der Waals surface area contributed by atoms with Crippen LogP contribution < -0.4 is 10.3 Å². The molecule has 3 aliphatic heterocycles. The van der Waals surface area contributed by atoms with Crippen molar-refractivity contribution in [1.29, 1.82) is 0 Å². The van der Waals surface area contributed by atoms with Crippen molar-refractivity contribution in [3.05, 3.63) is 28.8 Å². The van der Waals surface area contributed by atoms with E-state index in [0.717, 1.165) is 44.5 Å². The second-order valence-electron chi connectivity index (χ2n) is 5.52. The molecule has 1 spiro atoms. The number of rotatable bonds is 0. The Morgan fingerprint density at radius 1 is 1.26 bits per heavy atom. The van der Waals surface area contributed by atoms with Gasteiger partial charge in [0.2, 0.25) is 0 Å². The van der Waals surface area contributed by atoms with Gasteiger partial charge in [0.15, 0.2) is 0 Å². The van der Waals surface area contributed by atoms with Crippen LogP contribution in [-0.4, -0.2) is 29.7 Å². The maximum absolute atomic E-state index is 12.8. The van der Waals surface area contributed by atoms with Crippen LogP contribution in [0.3, 0.4) is 0 Å². The Morgan fingerprint density at radius 3 is 3.00 bits per heavy atom. The number of nitrogens with one attached hydrogen (secondary N) is 1. The topological polar surface area (TPSA) is 35.6 Å². The number of hydrogen-bond donors (Lipinski definition) is 1. The lowest BCUT2D eigenvalue weighted by Crippen LogP contribution is -2.69. The summed E-state index contributed by atoms with van der Waals surface area (Å²) in [5.74, 6) is 0.0263. The summed E-state index contributed by atoms with van der Waals surface area (Å²) in [5.41, 5.74) is 4.78.